The molecule has 6 heteroatoms. The number of aliphatic hydroxyl groups is 1. The lowest BCUT2D eigenvalue weighted by molar-refractivity contribution is -0.121. The van der Waals surface area contributed by atoms with Crippen molar-refractivity contribution >= 4 is 5.91 Å². The van der Waals surface area contributed by atoms with E-state index in [0.29, 0.717) is 13.0 Å². The van der Waals surface area contributed by atoms with Crippen LogP contribution in [0.25, 0.3) is 0 Å². The van der Waals surface area contributed by atoms with E-state index in [-0.39, 0.29) is 18.9 Å². The largest absolute Gasteiger partial charge is 0.388 e. The van der Waals surface area contributed by atoms with Crippen LogP contribution in [0.5, 0.6) is 0 Å². The van der Waals surface area contributed by atoms with E-state index in [0.717, 1.165) is 17.0 Å². The van der Waals surface area contributed by atoms with E-state index in [1.807, 2.05) is 20.9 Å². The molecule has 0 radical (unpaired) electrons. The maximum Gasteiger partial charge on any atom is 0.224 e. The Balaban J connectivity index is 2.52. The van der Waals surface area contributed by atoms with Crippen molar-refractivity contribution in [2.75, 3.05) is 20.3 Å². The van der Waals surface area contributed by atoms with E-state index in [1.54, 1.807) is 18.7 Å². The van der Waals surface area contributed by atoms with Gasteiger partial charge in [-0.05, 0) is 20.8 Å². The Morgan fingerprint density at radius 3 is 2.65 bits per heavy atom. The first-order valence-corrected chi connectivity index (χ1v) is 6.74. The maximum atomic E-state index is 12.0. The number of carbonyl (C=O) groups excluding carboxylic acids is 1. The molecule has 114 valence electrons. The van der Waals surface area contributed by atoms with Crippen molar-refractivity contribution in [1.29, 1.82) is 0 Å². The lowest BCUT2D eigenvalue weighted by atomic mass is 10.0. The van der Waals surface area contributed by atoms with Gasteiger partial charge in [0.25, 0.3) is 0 Å². The molecule has 0 aliphatic carbocycles. The van der Waals surface area contributed by atoms with Crippen molar-refractivity contribution in [2.45, 2.75) is 39.2 Å². The molecule has 1 aromatic rings. The van der Waals surface area contributed by atoms with E-state index >= 15 is 0 Å². The zero-order valence-electron chi connectivity index (χ0n) is 13.0. The highest BCUT2D eigenvalue weighted by atomic mass is 16.5. The molecule has 0 aliphatic rings. The Kier molecular flexibility index (Phi) is 5.71. The summed E-state index contributed by atoms with van der Waals surface area (Å²) in [5, 5.41) is 17.1. The Morgan fingerprint density at radius 2 is 2.15 bits per heavy atom. The molecule has 20 heavy (non-hydrogen) atoms. The van der Waals surface area contributed by atoms with Gasteiger partial charge in [-0.1, -0.05) is 0 Å². The highest BCUT2D eigenvalue weighted by Gasteiger charge is 2.21. The van der Waals surface area contributed by atoms with Crippen LogP contribution >= 0.6 is 0 Å². The van der Waals surface area contributed by atoms with Crippen LogP contribution in [0.1, 0.15) is 30.3 Å². The maximum absolute atomic E-state index is 12.0. The summed E-state index contributed by atoms with van der Waals surface area (Å²) in [5.74, 6) is -0.109. The average Bonchev–Trinajstić information content (AvgIpc) is 2.61. The van der Waals surface area contributed by atoms with Gasteiger partial charge in [0.05, 0.1) is 17.7 Å². The summed E-state index contributed by atoms with van der Waals surface area (Å²) >= 11 is 0. The average molecular weight is 283 g/mol. The number of aromatic nitrogens is 2. The summed E-state index contributed by atoms with van der Waals surface area (Å²) in [6.07, 6.45) is 0.764. The van der Waals surface area contributed by atoms with Gasteiger partial charge in [0.2, 0.25) is 5.91 Å². The zero-order chi connectivity index (χ0) is 15.3. The molecular weight excluding hydrogens is 258 g/mol. The van der Waals surface area contributed by atoms with Gasteiger partial charge in [-0.2, -0.15) is 5.10 Å². The minimum Gasteiger partial charge on any atom is -0.388 e. The Labute approximate surface area is 120 Å². The Hall–Kier alpha value is -1.40. The topological polar surface area (TPSA) is 76.4 Å². The molecular formula is C14H25N3O3. The number of hydrogen-bond acceptors (Lipinski definition) is 4. The van der Waals surface area contributed by atoms with Gasteiger partial charge >= 0.3 is 0 Å². The fourth-order valence-corrected chi connectivity index (χ4v) is 2.00. The smallest absolute Gasteiger partial charge is 0.224 e. The molecule has 1 aromatic heterocycles. The summed E-state index contributed by atoms with van der Waals surface area (Å²) < 4.78 is 6.70. The fraction of sp³-hybridized carbons (Fsp3) is 0.714. The molecule has 2 N–H and O–H groups in total. The van der Waals surface area contributed by atoms with E-state index in [1.165, 1.54) is 0 Å². The van der Waals surface area contributed by atoms with Crippen LogP contribution in [-0.2, 0) is 23.0 Å². The highest BCUT2D eigenvalue weighted by molar-refractivity contribution is 5.79. The lowest BCUT2D eigenvalue weighted by Crippen LogP contribution is -2.41. The summed E-state index contributed by atoms with van der Waals surface area (Å²) in [4.78, 5) is 12.0. The Bertz CT molecular complexity index is 466. The van der Waals surface area contributed by atoms with Crippen molar-refractivity contribution in [3.63, 3.8) is 0 Å². The van der Waals surface area contributed by atoms with Crippen LogP contribution in [0.15, 0.2) is 0 Å². The predicted octanol–water partition coefficient (Wildman–Crippen LogP) is 0.483. The molecule has 1 unspecified atom stereocenters. The Morgan fingerprint density at radius 1 is 1.50 bits per heavy atom. The van der Waals surface area contributed by atoms with E-state index in [4.69, 9.17) is 4.74 Å². The van der Waals surface area contributed by atoms with E-state index < -0.39 is 5.60 Å². The van der Waals surface area contributed by atoms with E-state index in [2.05, 4.69) is 10.4 Å². The molecule has 1 amide bonds. The van der Waals surface area contributed by atoms with Gasteiger partial charge in [-0.25, -0.2) is 0 Å². The van der Waals surface area contributed by atoms with E-state index in [9.17, 15) is 9.90 Å². The third-order valence-corrected chi connectivity index (χ3v) is 3.51. The fourth-order valence-electron chi connectivity index (χ4n) is 2.00. The number of amides is 1. The van der Waals surface area contributed by atoms with Crippen LogP contribution in [-0.4, -0.2) is 46.7 Å². The van der Waals surface area contributed by atoms with Crippen molar-refractivity contribution in [1.82, 2.24) is 15.1 Å². The molecule has 6 nitrogen and oxygen atoms in total. The van der Waals surface area contributed by atoms with Crippen LogP contribution < -0.4 is 5.32 Å². The number of carbonyl (C=O) groups is 1. The number of ether oxygens (including phenoxy) is 1. The second kappa shape index (κ2) is 6.85. The standard InChI is InChI=1S/C14H25N3O3/c1-10-12(11(2)17(4)16-10)8-13(18)15-9-14(3,19)6-7-20-5/h19H,6-9H2,1-5H3,(H,15,18). The van der Waals surface area contributed by atoms with Crippen LogP contribution in [0, 0.1) is 13.8 Å². The van der Waals surface area contributed by atoms with Gasteiger partial charge in [0.15, 0.2) is 0 Å². The predicted molar refractivity (Wildman–Crippen MR) is 76.5 cm³/mol. The van der Waals surface area contributed by atoms with Gasteiger partial charge in [0.1, 0.15) is 0 Å². The first-order chi connectivity index (χ1) is 9.26. The number of aryl methyl sites for hydroxylation is 2. The summed E-state index contributed by atoms with van der Waals surface area (Å²) in [5.41, 5.74) is 1.85. The molecule has 0 saturated heterocycles. The third kappa shape index (κ3) is 4.61. The second-order valence-corrected chi connectivity index (χ2v) is 5.47. The molecule has 0 aromatic carbocycles. The quantitative estimate of drug-likeness (QED) is 0.763. The lowest BCUT2D eigenvalue weighted by Gasteiger charge is -2.23. The molecule has 0 saturated carbocycles. The van der Waals surface area contributed by atoms with Gasteiger partial charge < -0.3 is 15.2 Å². The second-order valence-electron chi connectivity index (χ2n) is 5.47. The molecule has 1 rings (SSSR count). The minimum absolute atomic E-state index is 0.109. The van der Waals surface area contributed by atoms with Crippen LogP contribution in [0.3, 0.4) is 0 Å². The van der Waals surface area contributed by atoms with Gasteiger partial charge in [0, 0.05) is 45.0 Å². The summed E-state index contributed by atoms with van der Waals surface area (Å²) in [6.45, 7) is 6.20. The minimum atomic E-state index is -0.954. The first-order valence-electron chi connectivity index (χ1n) is 6.74. The number of nitrogens with one attached hydrogen (secondary N) is 1. The normalized spacial score (nSPS) is 14.1. The summed E-state index contributed by atoms with van der Waals surface area (Å²) in [6, 6.07) is 0. The SMILES string of the molecule is COCCC(C)(O)CNC(=O)Cc1c(C)nn(C)c1C. The van der Waals surface area contributed by atoms with Gasteiger partial charge in [-0.3, -0.25) is 9.48 Å². The van der Waals surface area contributed by atoms with Crippen molar-refractivity contribution < 1.29 is 14.6 Å². The number of hydrogen-bond donors (Lipinski definition) is 2. The molecule has 0 spiro atoms. The molecule has 0 aliphatic heterocycles. The number of nitrogens with zero attached hydrogens (tertiary/aromatic N) is 2. The monoisotopic (exact) mass is 283 g/mol. The number of rotatable bonds is 7. The first kappa shape index (κ1) is 16.7. The summed E-state index contributed by atoms with van der Waals surface area (Å²) in [7, 11) is 3.45. The van der Waals surface area contributed by atoms with Crippen LogP contribution in [0.4, 0.5) is 0 Å². The van der Waals surface area contributed by atoms with Crippen molar-refractivity contribution in [2.24, 2.45) is 7.05 Å². The highest BCUT2D eigenvalue weighted by Crippen LogP contribution is 2.13. The zero-order valence-corrected chi connectivity index (χ0v) is 13.0. The molecule has 1 atom stereocenters. The van der Waals surface area contributed by atoms with Crippen LogP contribution in [0.2, 0.25) is 0 Å². The molecule has 0 fully saturated rings. The van der Waals surface area contributed by atoms with Crippen molar-refractivity contribution in [3.8, 4) is 0 Å². The molecule has 1 heterocycles. The van der Waals surface area contributed by atoms with Crippen molar-refractivity contribution in [3.05, 3.63) is 17.0 Å². The number of methoxy groups -OCH3 is 1. The van der Waals surface area contributed by atoms with Gasteiger partial charge in [-0.15, -0.1) is 0 Å². The molecule has 0 bridgehead atoms. The third-order valence-electron chi connectivity index (χ3n) is 3.51.